The van der Waals surface area contributed by atoms with Crippen LogP contribution in [0.3, 0.4) is 0 Å². The van der Waals surface area contributed by atoms with E-state index in [1.54, 1.807) is 48.5 Å². The normalized spacial score (nSPS) is 11.8. The standard InChI is InChI=1S/C21H19N3O2.Ti/c1-14(16-8-3-5-10-18(16)25)22-20-12-7-13-21(24-20)23-15(2)17-9-4-6-11-19(17)26;/h3-13,25-26H,1-2H3;/b22-14+,23-15?;. The van der Waals surface area contributed by atoms with Crippen LogP contribution in [0.2, 0.25) is 0 Å². The molecule has 1 aromatic heterocycles. The van der Waals surface area contributed by atoms with Crippen molar-refractivity contribution in [1.29, 1.82) is 0 Å². The number of hydrogen-bond donors (Lipinski definition) is 2. The van der Waals surface area contributed by atoms with Gasteiger partial charge in [0.25, 0.3) is 0 Å². The van der Waals surface area contributed by atoms with Crippen molar-refractivity contribution in [1.82, 2.24) is 4.98 Å². The van der Waals surface area contributed by atoms with Crippen LogP contribution < -0.4 is 0 Å². The van der Waals surface area contributed by atoms with Crippen molar-refractivity contribution >= 4 is 23.1 Å². The van der Waals surface area contributed by atoms with E-state index in [1.165, 1.54) is 0 Å². The Bertz CT molecular complexity index is 923. The van der Waals surface area contributed by atoms with E-state index in [-0.39, 0.29) is 33.2 Å². The number of nitrogens with zero attached hydrogens (tertiary/aromatic N) is 3. The van der Waals surface area contributed by atoms with Gasteiger partial charge >= 0.3 is 0 Å². The first-order valence-electron chi connectivity index (χ1n) is 8.19. The van der Waals surface area contributed by atoms with Crippen LogP contribution in [0.25, 0.3) is 0 Å². The van der Waals surface area contributed by atoms with Gasteiger partial charge in [-0.3, -0.25) is 0 Å². The molecule has 27 heavy (non-hydrogen) atoms. The Morgan fingerprint density at radius 2 is 1.07 bits per heavy atom. The molecule has 5 nitrogen and oxygen atoms in total. The molecular weight excluding hydrogens is 374 g/mol. The molecule has 0 aliphatic heterocycles. The summed E-state index contributed by atoms with van der Waals surface area (Å²) in [4.78, 5) is 13.4. The summed E-state index contributed by atoms with van der Waals surface area (Å²) in [5, 5.41) is 19.9. The van der Waals surface area contributed by atoms with E-state index in [9.17, 15) is 10.2 Å². The monoisotopic (exact) mass is 393 g/mol. The largest absolute Gasteiger partial charge is 0.507 e. The maximum atomic E-state index is 9.94. The molecule has 0 aliphatic carbocycles. The van der Waals surface area contributed by atoms with Gasteiger partial charge < -0.3 is 10.2 Å². The van der Waals surface area contributed by atoms with Crippen molar-refractivity contribution in [2.45, 2.75) is 13.8 Å². The molecule has 2 aromatic carbocycles. The van der Waals surface area contributed by atoms with E-state index >= 15 is 0 Å². The van der Waals surface area contributed by atoms with Gasteiger partial charge in [0, 0.05) is 32.8 Å². The minimum atomic E-state index is 0. The fraction of sp³-hybridized carbons (Fsp3) is 0.0952. The van der Waals surface area contributed by atoms with E-state index in [0.717, 1.165) is 0 Å². The molecule has 0 saturated carbocycles. The first kappa shape index (κ1) is 20.6. The maximum absolute atomic E-state index is 9.94. The van der Waals surface area contributed by atoms with Gasteiger partial charge in [-0.2, -0.15) is 0 Å². The molecule has 3 aromatic rings. The Hall–Kier alpha value is -2.76. The van der Waals surface area contributed by atoms with Gasteiger partial charge in [0.15, 0.2) is 11.6 Å². The average molecular weight is 393 g/mol. The van der Waals surface area contributed by atoms with Gasteiger partial charge in [0.1, 0.15) is 11.5 Å². The van der Waals surface area contributed by atoms with Crippen LogP contribution in [0.15, 0.2) is 76.7 Å². The summed E-state index contributed by atoms with van der Waals surface area (Å²) in [7, 11) is 0. The van der Waals surface area contributed by atoms with E-state index in [0.29, 0.717) is 34.2 Å². The Morgan fingerprint density at radius 3 is 1.48 bits per heavy atom. The molecule has 0 spiro atoms. The molecule has 0 aliphatic rings. The Kier molecular flexibility index (Phi) is 7.05. The van der Waals surface area contributed by atoms with E-state index < -0.39 is 0 Å². The minimum absolute atomic E-state index is 0. The fourth-order valence-corrected chi connectivity index (χ4v) is 2.56. The van der Waals surface area contributed by atoms with Crippen LogP contribution in [0.1, 0.15) is 25.0 Å². The van der Waals surface area contributed by atoms with Gasteiger partial charge in [0.2, 0.25) is 0 Å². The number of para-hydroxylation sites is 2. The number of phenolic OH excluding ortho intramolecular Hbond substituents is 2. The maximum Gasteiger partial charge on any atom is 0.154 e. The van der Waals surface area contributed by atoms with Crippen LogP contribution in [0, 0.1) is 0 Å². The molecule has 0 amide bonds. The number of benzene rings is 2. The Morgan fingerprint density at radius 1 is 0.667 bits per heavy atom. The predicted octanol–water partition coefficient (Wildman–Crippen LogP) is 4.77. The minimum Gasteiger partial charge on any atom is -0.507 e. The fourth-order valence-electron chi connectivity index (χ4n) is 2.56. The number of pyridine rings is 1. The zero-order valence-electron chi connectivity index (χ0n) is 15.1. The van der Waals surface area contributed by atoms with Crippen molar-refractivity contribution in [3.63, 3.8) is 0 Å². The molecule has 0 unspecified atom stereocenters. The Balaban J connectivity index is 0.00000261. The number of phenols is 2. The number of rotatable bonds is 4. The summed E-state index contributed by atoms with van der Waals surface area (Å²) in [6.45, 7) is 3.64. The van der Waals surface area contributed by atoms with Gasteiger partial charge in [-0.1, -0.05) is 30.3 Å². The van der Waals surface area contributed by atoms with Gasteiger partial charge in [-0.05, 0) is 50.2 Å². The van der Waals surface area contributed by atoms with Gasteiger partial charge in [0.05, 0.1) is 11.4 Å². The molecule has 134 valence electrons. The molecule has 0 atom stereocenters. The molecule has 2 N–H and O–H groups in total. The number of aromatic hydroxyl groups is 2. The first-order chi connectivity index (χ1) is 12.5. The van der Waals surface area contributed by atoms with Crippen LogP contribution in [-0.2, 0) is 21.7 Å². The SMILES string of the molecule is CC(=Nc1cccc(/N=C(\C)c2ccccc2O)n1)c1ccccc1O.[Ti]. The molecular formula is C21H19N3O2Ti. The van der Waals surface area contributed by atoms with Crippen molar-refractivity contribution in [3.05, 3.63) is 77.9 Å². The van der Waals surface area contributed by atoms with Crippen molar-refractivity contribution in [2.75, 3.05) is 0 Å². The van der Waals surface area contributed by atoms with Gasteiger partial charge in [-0.25, -0.2) is 15.0 Å². The quantitative estimate of drug-likeness (QED) is 0.495. The molecule has 0 saturated heterocycles. The molecule has 3 rings (SSSR count). The summed E-state index contributed by atoms with van der Waals surface area (Å²) in [6, 6.07) is 19.4. The number of aliphatic imine (C=N–C) groups is 2. The summed E-state index contributed by atoms with van der Waals surface area (Å²) in [5.74, 6) is 1.35. The van der Waals surface area contributed by atoms with Crippen molar-refractivity contribution in [3.8, 4) is 11.5 Å². The second kappa shape index (κ2) is 9.26. The zero-order valence-corrected chi connectivity index (χ0v) is 16.6. The average Bonchev–Trinajstić information content (AvgIpc) is 2.62. The van der Waals surface area contributed by atoms with E-state index in [4.69, 9.17) is 0 Å². The molecule has 1 heterocycles. The third-order valence-corrected chi connectivity index (χ3v) is 3.87. The van der Waals surface area contributed by atoms with Crippen LogP contribution in [-0.4, -0.2) is 26.6 Å². The molecule has 0 radical (unpaired) electrons. The number of hydrogen-bond acceptors (Lipinski definition) is 5. The van der Waals surface area contributed by atoms with Crippen LogP contribution in [0.4, 0.5) is 11.6 Å². The third kappa shape index (κ3) is 5.12. The van der Waals surface area contributed by atoms with Crippen molar-refractivity contribution in [2.24, 2.45) is 9.98 Å². The van der Waals surface area contributed by atoms with Crippen LogP contribution in [0.5, 0.6) is 11.5 Å². The van der Waals surface area contributed by atoms with Crippen LogP contribution >= 0.6 is 0 Å². The summed E-state index contributed by atoms with van der Waals surface area (Å²) < 4.78 is 0. The second-order valence-corrected chi connectivity index (χ2v) is 5.78. The molecule has 0 fully saturated rings. The molecule has 6 heteroatoms. The summed E-state index contributed by atoms with van der Waals surface area (Å²) in [5.41, 5.74) is 2.64. The molecule has 0 bridgehead atoms. The smallest absolute Gasteiger partial charge is 0.154 e. The summed E-state index contributed by atoms with van der Waals surface area (Å²) in [6.07, 6.45) is 0. The Labute approximate surface area is 173 Å². The summed E-state index contributed by atoms with van der Waals surface area (Å²) >= 11 is 0. The van der Waals surface area contributed by atoms with E-state index in [2.05, 4.69) is 15.0 Å². The zero-order chi connectivity index (χ0) is 18.5. The van der Waals surface area contributed by atoms with Gasteiger partial charge in [-0.15, -0.1) is 0 Å². The first-order valence-corrected chi connectivity index (χ1v) is 8.19. The third-order valence-electron chi connectivity index (χ3n) is 3.87. The van der Waals surface area contributed by atoms with Crippen molar-refractivity contribution < 1.29 is 31.9 Å². The topological polar surface area (TPSA) is 78.1 Å². The number of aromatic nitrogens is 1. The van der Waals surface area contributed by atoms with E-state index in [1.807, 2.05) is 32.0 Å². The second-order valence-electron chi connectivity index (χ2n) is 5.78. The predicted molar refractivity (Wildman–Crippen MR) is 104 cm³/mol.